The van der Waals surface area contributed by atoms with Crippen LogP contribution in [0, 0.1) is 58.6 Å². The predicted octanol–water partition coefficient (Wildman–Crippen LogP) is 6.87. The van der Waals surface area contributed by atoms with Crippen molar-refractivity contribution in [1.82, 2.24) is 0 Å². The molecule has 35 heavy (non-hydrogen) atoms. The predicted molar refractivity (Wildman–Crippen MR) is 112 cm³/mol. The SMILES string of the molecule is CCCc1cc(F)c(C#Cc2cc(F)c(C#Cc3cc(F)c(OC(F)F)c(F)c3)c(F)c2)c(F)c1. The molecule has 0 aliphatic heterocycles. The topological polar surface area (TPSA) is 9.23 Å². The van der Waals surface area contributed by atoms with Gasteiger partial charge < -0.3 is 4.74 Å². The highest BCUT2D eigenvalue weighted by Gasteiger charge is 2.17. The molecule has 0 N–H and O–H groups in total. The molecule has 0 saturated carbocycles. The van der Waals surface area contributed by atoms with E-state index < -0.39 is 64.0 Å². The Labute approximate surface area is 195 Å². The molecule has 0 atom stereocenters. The highest BCUT2D eigenvalue weighted by atomic mass is 19.3. The van der Waals surface area contributed by atoms with Crippen molar-refractivity contribution in [3.63, 3.8) is 0 Å². The summed E-state index contributed by atoms with van der Waals surface area (Å²) < 4.78 is 113. The van der Waals surface area contributed by atoms with Gasteiger partial charge in [0.15, 0.2) is 17.4 Å². The third kappa shape index (κ3) is 6.33. The molecule has 0 heterocycles. The molecule has 3 aromatic rings. The maximum atomic E-state index is 14.4. The van der Waals surface area contributed by atoms with Gasteiger partial charge in [-0.3, -0.25) is 0 Å². The van der Waals surface area contributed by atoms with Gasteiger partial charge in [0.2, 0.25) is 0 Å². The number of hydrogen-bond donors (Lipinski definition) is 0. The summed E-state index contributed by atoms with van der Waals surface area (Å²) in [7, 11) is 0. The third-order valence-corrected chi connectivity index (χ3v) is 4.55. The summed E-state index contributed by atoms with van der Waals surface area (Å²) in [4.78, 5) is 0. The van der Waals surface area contributed by atoms with Crippen LogP contribution in [0.5, 0.6) is 5.75 Å². The summed E-state index contributed by atoms with van der Waals surface area (Å²) in [5.74, 6) is 0.183. The maximum Gasteiger partial charge on any atom is 0.387 e. The maximum absolute atomic E-state index is 14.4. The lowest BCUT2D eigenvalue weighted by Gasteiger charge is -2.07. The molecule has 0 amide bonds. The van der Waals surface area contributed by atoms with Gasteiger partial charge in [-0.25, -0.2) is 26.3 Å². The molecule has 0 unspecified atom stereocenters. The number of halogens is 8. The molecule has 0 radical (unpaired) electrons. The van der Waals surface area contributed by atoms with Crippen LogP contribution in [-0.4, -0.2) is 6.61 Å². The molecule has 0 saturated heterocycles. The number of alkyl halides is 2. The first-order valence-corrected chi connectivity index (χ1v) is 10.0. The van der Waals surface area contributed by atoms with Crippen LogP contribution in [0.15, 0.2) is 36.4 Å². The van der Waals surface area contributed by atoms with Gasteiger partial charge in [0, 0.05) is 11.1 Å². The van der Waals surface area contributed by atoms with E-state index in [1.807, 2.05) is 6.92 Å². The number of ether oxygens (including phenoxy) is 1. The van der Waals surface area contributed by atoms with Crippen molar-refractivity contribution >= 4 is 0 Å². The van der Waals surface area contributed by atoms with E-state index in [1.54, 1.807) is 0 Å². The first-order valence-electron chi connectivity index (χ1n) is 10.0. The van der Waals surface area contributed by atoms with E-state index in [1.165, 1.54) is 0 Å². The van der Waals surface area contributed by atoms with E-state index in [2.05, 4.69) is 28.4 Å². The summed E-state index contributed by atoms with van der Waals surface area (Å²) in [6, 6.07) is 4.91. The normalized spacial score (nSPS) is 10.5. The fraction of sp³-hybridized carbons (Fsp3) is 0.154. The Balaban J connectivity index is 1.90. The van der Waals surface area contributed by atoms with Crippen molar-refractivity contribution < 1.29 is 39.9 Å². The van der Waals surface area contributed by atoms with Gasteiger partial charge in [-0.15, -0.1) is 0 Å². The molecule has 0 fully saturated rings. The van der Waals surface area contributed by atoms with Crippen LogP contribution in [0.25, 0.3) is 0 Å². The molecule has 0 spiro atoms. The van der Waals surface area contributed by atoms with Gasteiger partial charge in [0.05, 0.1) is 11.1 Å². The minimum Gasteiger partial charge on any atom is -0.429 e. The van der Waals surface area contributed by atoms with Crippen LogP contribution in [0.2, 0.25) is 0 Å². The largest absolute Gasteiger partial charge is 0.429 e. The van der Waals surface area contributed by atoms with Crippen molar-refractivity contribution in [3.05, 3.63) is 99.1 Å². The Bertz CT molecular complexity index is 1320. The fourth-order valence-corrected chi connectivity index (χ4v) is 3.05. The zero-order valence-electron chi connectivity index (χ0n) is 17.9. The fourth-order valence-electron chi connectivity index (χ4n) is 3.05. The van der Waals surface area contributed by atoms with Gasteiger partial charge in [-0.1, -0.05) is 37.0 Å². The highest BCUT2D eigenvalue weighted by Crippen LogP contribution is 2.25. The van der Waals surface area contributed by atoms with Crippen molar-refractivity contribution in [1.29, 1.82) is 0 Å². The zero-order valence-corrected chi connectivity index (χ0v) is 17.9. The quantitative estimate of drug-likeness (QED) is 0.284. The first kappa shape index (κ1) is 25.6. The smallest absolute Gasteiger partial charge is 0.387 e. The molecule has 3 rings (SSSR count). The lowest BCUT2D eigenvalue weighted by molar-refractivity contribution is -0.0546. The van der Waals surface area contributed by atoms with Crippen LogP contribution in [0.1, 0.15) is 41.2 Å². The Morgan fingerprint density at radius 1 is 0.629 bits per heavy atom. The van der Waals surface area contributed by atoms with Gasteiger partial charge >= 0.3 is 6.61 Å². The number of rotatable bonds is 4. The van der Waals surface area contributed by atoms with Crippen LogP contribution in [0.3, 0.4) is 0 Å². The number of benzene rings is 3. The van der Waals surface area contributed by atoms with Crippen LogP contribution < -0.4 is 4.74 Å². The second kappa shape index (κ2) is 11.0. The van der Waals surface area contributed by atoms with Gasteiger partial charge in [0.25, 0.3) is 0 Å². The highest BCUT2D eigenvalue weighted by molar-refractivity contribution is 5.50. The summed E-state index contributed by atoms with van der Waals surface area (Å²) in [5, 5.41) is 0. The summed E-state index contributed by atoms with van der Waals surface area (Å²) in [5.41, 5.74) is -1.53. The zero-order chi connectivity index (χ0) is 25.7. The molecule has 1 nitrogen and oxygen atoms in total. The van der Waals surface area contributed by atoms with Crippen LogP contribution in [-0.2, 0) is 6.42 Å². The molecule has 0 aromatic heterocycles. The standard InChI is InChI=1S/C26H14F8O/c1-2-3-14-8-19(27)17(20(28)9-14)6-4-15-10-21(29)18(22(30)11-15)7-5-16-12-23(31)25(24(32)13-16)35-26(33)34/h8-13,26H,2-3H2,1H3. The van der Waals surface area contributed by atoms with Crippen molar-refractivity contribution in [3.8, 4) is 29.4 Å². The first-order chi connectivity index (χ1) is 16.6. The Kier molecular flexibility index (Phi) is 8.03. The molecule has 0 bridgehead atoms. The molecule has 0 aliphatic rings. The number of hydrogen-bond acceptors (Lipinski definition) is 1. The van der Waals surface area contributed by atoms with E-state index in [0.29, 0.717) is 30.5 Å². The monoisotopic (exact) mass is 494 g/mol. The average molecular weight is 494 g/mol. The van der Waals surface area contributed by atoms with E-state index in [0.717, 1.165) is 24.3 Å². The Hall–Kier alpha value is -3.98. The Morgan fingerprint density at radius 3 is 1.43 bits per heavy atom. The van der Waals surface area contributed by atoms with Gasteiger partial charge in [0.1, 0.15) is 23.3 Å². The summed E-state index contributed by atoms with van der Waals surface area (Å²) in [6.07, 6.45) is 1.15. The average Bonchev–Trinajstić information content (AvgIpc) is 2.75. The minimum atomic E-state index is -3.46. The molecule has 180 valence electrons. The lowest BCUT2D eigenvalue weighted by atomic mass is 10.1. The third-order valence-electron chi connectivity index (χ3n) is 4.55. The molecule has 9 heteroatoms. The van der Waals surface area contributed by atoms with Crippen molar-refractivity contribution in [2.45, 2.75) is 26.4 Å². The van der Waals surface area contributed by atoms with Crippen LogP contribution in [0.4, 0.5) is 35.1 Å². The second-order valence-electron chi connectivity index (χ2n) is 7.15. The summed E-state index contributed by atoms with van der Waals surface area (Å²) >= 11 is 0. The molecule has 0 aliphatic carbocycles. The molecule has 3 aromatic carbocycles. The van der Waals surface area contributed by atoms with Gasteiger partial charge in [-0.05, 0) is 48.4 Å². The van der Waals surface area contributed by atoms with E-state index >= 15 is 0 Å². The van der Waals surface area contributed by atoms with Crippen LogP contribution >= 0.6 is 0 Å². The van der Waals surface area contributed by atoms with E-state index in [-0.39, 0.29) is 5.56 Å². The van der Waals surface area contributed by atoms with E-state index in [9.17, 15) is 35.1 Å². The summed E-state index contributed by atoms with van der Waals surface area (Å²) in [6.45, 7) is -1.62. The van der Waals surface area contributed by atoms with Crippen molar-refractivity contribution in [2.24, 2.45) is 0 Å². The van der Waals surface area contributed by atoms with E-state index in [4.69, 9.17) is 0 Å². The lowest BCUT2D eigenvalue weighted by Crippen LogP contribution is -2.06. The second-order valence-corrected chi connectivity index (χ2v) is 7.15. The Morgan fingerprint density at radius 2 is 1.03 bits per heavy atom. The number of aryl methyl sites for hydroxylation is 1. The molecular formula is C26H14F8O. The van der Waals surface area contributed by atoms with Gasteiger partial charge in [-0.2, -0.15) is 8.78 Å². The minimum absolute atomic E-state index is 0.243. The van der Waals surface area contributed by atoms with Crippen molar-refractivity contribution in [2.75, 3.05) is 0 Å². The molecular weight excluding hydrogens is 480 g/mol.